The minimum Gasteiger partial charge on any atom is -0.469 e. The summed E-state index contributed by atoms with van der Waals surface area (Å²) in [4.78, 5) is 11.0. The third-order valence-electron chi connectivity index (χ3n) is 2.89. The highest BCUT2D eigenvalue weighted by Gasteiger charge is 2.07. The zero-order valence-electron chi connectivity index (χ0n) is 10.9. The second kappa shape index (κ2) is 7.67. The Bertz CT molecular complexity index is 395. The summed E-state index contributed by atoms with van der Waals surface area (Å²) in [6.07, 6.45) is 2.92. The number of carbonyl (C=O) groups is 1. The molecule has 0 aliphatic carbocycles. The van der Waals surface area contributed by atoms with Gasteiger partial charge < -0.3 is 9.84 Å². The predicted octanol–water partition coefficient (Wildman–Crippen LogP) is 2.49. The molecule has 1 N–H and O–H groups in total. The summed E-state index contributed by atoms with van der Waals surface area (Å²) in [7, 11) is 1.36. The number of benzene rings is 1. The van der Waals surface area contributed by atoms with Gasteiger partial charge in [-0.05, 0) is 30.9 Å². The van der Waals surface area contributed by atoms with Gasteiger partial charge in [0.15, 0.2) is 0 Å². The number of aliphatic hydroxyl groups is 1. The molecule has 0 spiro atoms. The van der Waals surface area contributed by atoms with Crippen molar-refractivity contribution in [2.24, 2.45) is 0 Å². The predicted molar refractivity (Wildman–Crippen MR) is 71.2 cm³/mol. The van der Waals surface area contributed by atoms with Crippen LogP contribution in [0.1, 0.15) is 25.3 Å². The van der Waals surface area contributed by atoms with Crippen molar-refractivity contribution in [3.8, 4) is 0 Å². The van der Waals surface area contributed by atoms with Gasteiger partial charge in [-0.25, -0.2) is 0 Å². The number of rotatable bonds is 6. The van der Waals surface area contributed by atoms with E-state index in [0.29, 0.717) is 6.42 Å². The summed E-state index contributed by atoms with van der Waals surface area (Å²) in [5, 5.41) is 9.94. The van der Waals surface area contributed by atoms with Crippen LogP contribution in [0.15, 0.2) is 42.0 Å². The van der Waals surface area contributed by atoms with Crippen LogP contribution in [0.5, 0.6) is 0 Å². The highest BCUT2D eigenvalue weighted by Crippen LogP contribution is 2.11. The normalized spacial score (nSPS) is 13.2. The third-order valence-corrected chi connectivity index (χ3v) is 2.89. The first-order valence-electron chi connectivity index (χ1n) is 6.09. The molecular weight excluding hydrogens is 228 g/mol. The molecule has 98 valence electrons. The first kappa shape index (κ1) is 14.5. The zero-order valence-corrected chi connectivity index (χ0v) is 10.9. The molecule has 0 radical (unpaired) electrons. The van der Waals surface area contributed by atoms with Crippen LogP contribution in [0.4, 0.5) is 0 Å². The number of hydrogen-bond acceptors (Lipinski definition) is 3. The van der Waals surface area contributed by atoms with Crippen molar-refractivity contribution in [3.63, 3.8) is 0 Å². The van der Waals surface area contributed by atoms with Crippen LogP contribution in [-0.2, 0) is 16.0 Å². The lowest BCUT2D eigenvalue weighted by molar-refractivity contribution is -0.139. The van der Waals surface area contributed by atoms with Gasteiger partial charge in [0.25, 0.3) is 0 Å². The van der Waals surface area contributed by atoms with E-state index in [0.717, 1.165) is 12.0 Å². The summed E-state index contributed by atoms with van der Waals surface area (Å²) in [5.74, 6) is -0.287. The second-order valence-corrected chi connectivity index (χ2v) is 4.27. The largest absolute Gasteiger partial charge is 0.469 e. The van der Waals surface area contributed by atoms with Crippen molar-refractivity contribution in [2.45, 2.75) is 32.3 Å². The van der Waals surface area contributed by atoms with E-state index in [-0.39, 0.29) is 12.4 Å². The van der Waals surface area contributed by atoms with E-state index >= 15 is 0 Å². The van der Waals surface area contributed by atoms with Crippen LogP contribution >= 0.6 is 0 Å². The molecule has 1 atom stereocenters. The zero-order chi connectivity index (χ0) is 13.4. The van der Waals surface area contributed by atoms with Gasteiger partial charge in [-0.15, -0.1) is 0 Å². The van der Waals surface area contributed by atoms with Gasteiger partial charge >= 0.3 is 5.97 Å². The molecule has 0 aliphatic heterocycles. The van der Waals surface area contributed by atoms with Gasteiger partial charge in [0.05, 0.1) is 19.6 Å². The standard InChI is InChI=1S/C15H20O3/c1-12(8-11-15(17)18-2)14(16)10-9-13-6-4-3-5-7-13/h3-8,14,16H,9-11H2,1-2H3/b12-8-/t14-/m1/s1. The average Bonchev–Trinajstić information content (AvgIpc) is 2.42. The topological polar surface area (TPSA) is 46.5 Å². The van der Waals surface area contributed by atoms with Gasteiger partial charge in [-0.3, -0.25) is 4.79 Å². The van der Waals surface area contributed by atoms with Crippen LogP contribution in [0.2, 0.25) is 0 Å². The monoisotopic (exact) mass is 248 g/mol. The van der Waals surface area contributed by atoms with Gasteiger partial charge in [-0.2, -0.15) is 0 Å². The van der Waals surface area contributed by atoms with E-state index < -0.39 is 6.10 Å². The van der Waals surface area contributed by atoms with Crippen molar-refractivity contribution in [1.82, 2.24) is 0 Å². The number of hydrogen-bond donors (Lipinski definition) is 1. The molecule has 18 heavy (non-hydrogen) atoms. The summed E-state index contributed by atoms with van der Waals surface area (Å²) in [6, 6.07) is 10.0. The second-order valence-electron chi connectivity index (χ2n) is 4.27. The van der Waals surface area contributed by atoms with E-state index in [2.05, 4.69) is 4.74 Å². The molecule has 0 aliphatic rings. The summed E-state index contributed by atoms with van der Waals surface area (Å²) in [5.41, 5.74) is 2.02. The first-order valence-corrected chi connectivity index (χ1v) is 6.09. The average molecular weight is 248 g/mol. The Labute approximate surface area is 108 Å². The van der Waals surface area contributed by atoms with Crippen LogP contribution in [0, 0.1) is 0 Å². The Hall–Kier alpha value is -1.61. The Morgan fingerprint density at radius 1 is 1.39 bits per heavy atom. The lowest BCUT2D eigenvalue weighted by Gasteiger charge is -2.11. The fourth-order valence-electron chi connectivity index (χ4n) is 1.64. The molecule has 1 rings (SSSR count). The number of aliphatic hydroxyl groups excluding tert-OH is 1. The van der Waals surface area contributed by atoms with Crippen LogP contribution < -0.4 is 0 Å². The summed E-state index contributed by atoms with van der Waals surface area (Å²) >= 11 is 0. The molecule has 0 saturated heterocycles. The molecule has 0 saturated carbocycles. The number of aryl methyl sites for hydroxylation is 1. The molecule has 0 fully saturated rings. The fraction of sp³-hybridized carbons (Fsp3) is 0.400. The lowest BCUT2D eigenvalue weighted by atomic mass is 10.0. The highest BCUT2D eigenvalue weighted by molar-refractivity contribution is 5.71. The molecule has 1 aromatic carbocycles. The number of methoxy groups -OCH3 is 1. The van der Waals surface area contributed by atoms with Gasteiger partial charge in [0.2, 0.25) is 0 Å². The van der Waals surface area contributed by atoms with E-state index in [4.69, 9.17) is 0 Å². The van der Waals surface area contributed by atoms with Crippen LogP contribution in [-0.4, -0.2) is 24.3 Å². The van der Waals surface area contributed by atoms with Crippen molar-refractivity contribution in [3.05, 3.63) is 47.5 Å². The van der Waals surface area contributed by atoms with E-state index in [1.54, 1.807) is 6.08 Å². The lowest BCUT2D eigenvalue weighted by Crippen LogP contribution is -2.10. The number of carbonyl (C=O) groups excluding carboxylic acids is 1. The minimum absolute atomic E-state index is 0.213. The Morgan fingerprint density at radius 3 is 2.67 bits per heavy atom. The van der Waals surface area contributed by atoms with Crippen molar-refractivity contribution >= 4 is 5.97 Å². The maximum absolute atomic E-state index is 11.0. The van der Waals surface area contributed by atoms with Crippen molar-refractivity contribution in [1.29, 1.82) is 0 Å². The first-order chi connectivity index (χ1) is 8.63. The van der Waals surface area contributed by atoms with E-state index in [9.17, 15) is 9.90 Å². The SMILES string of the molecule is COC(=O)C/C=C(/C)[C@H](O)CCc1ccccc1. The molecule has 0 aromatic heterocycles. The van der Waals surface area contributed by atoms with Gasteiger partial charge in [0, 0.05) is 0 Å². The highest BCUT2D eigenvalue weighted by atomic mass is 16.5. The van der Waals surface area contributed by atoms with Crippen LogP contribution in [0.3, 0.4) is 0 Å². The van der Waals surface area contributed by atoms with E-state index in [1.165, 1.54) is 12.7 Å². The van der Waals surface area contributed by atoms with Crippen molar-refractivity contribution < 1.29 is 14.6 Å². The van der Waals surface area contributed by atoms with Crippen LogP contribution in [0.25, 0.3) is 0 Å². The Kier molecular flexibility index (Phi) is 6.15. The molecule has 0 amide bonds. The van der Waals surface area contributed by atoms with Crippen molar-refractivity contribution in [2.75, 3.05) is 7.11 Å². The molecular formula is C15H20O3. The summed E-state index contributed by atoms with van der Waals surface area (Å²) in [6.45, 7) is 1.83. The van der Waals surface area contributed by atoms with Gasteiger partial charge in [-0.1, -0.05) is 36.4 Å². The smallest absolute Gasteiger partial charge is 0.309 e. The van der Waals surface area contributed by atoms with Gasteiger partial charge in [0.1, 0.15) is 0 Å². The molecule has 1 aromatic rings. The third kappa shape index (κ3) is 5.15. The number of esters is 1. The molecule has 0 heterocycles. The Morgan fingerprint density at radius 2 is 2.06 bits per heavy atom. The maximum atomic E-state index is 11.0. The Balaban J connectivity index is 2.40. The maximum Gasteiger partial charge on any atom is 0.309 e. The molecule has 0 bridgehead atoms. The van der Waals surface area contributed by atoms with E-state index in [1.807, 2.05) is 37.3 Å². The minimum atomic E-state index is -0.505. The summed E-state index contributed by atoms with van der Waals surface area (Å²) < 4.78 is 4.54. The quantitative estimate of drug-likeness (QED) is 0.621. The molecule has 0 unspecified atom stereocenters. The molecule has 3 heteroatoms. The molecule has 3 nitrogen and oxygen atoms in total. The fourth-order valence-corrected chi connectivity index (χ4v) is 1.64. The number of ether oxygens (including phenoxy) is 1.